The summed E-state index contributed by atoms with van der Waals surface area (Å²) in [7, 11) is 0. The highest BCUT2D eigenvalue weighted by molar-refractivity contribution is 5.96. The van der Waals surface area contributed by atoms with Crippen molar-refractivity contribution in [1.82, 2.24) is 15.3 Å². The fourth-order valence-corrected chi connectivity index (χ4v) is 5.10. The predicted octanol–water partition coefficient (Wildman–Crippen LogP) is 3.94. The molecular weight excluding hydrogens is 324 g/mol. The highest BCUT2D eigenvalue weighted by Crippen LogP contribution is 2.58. The maximum Gasteiger partial charge on any atom is 0.228 e. The first-order valence-electron chi connectivity index (χ1n) is 10.2. The van der Waals surface area contributed by atoms with E-state index in [0.29, 0.717) is 5.92 Å². The van der Waals surface area contributed by atoms with E-state index in [1.54, 1.807) is 0 Å². The van der Waals surface area contributed by atoms with Gasteiger partial charge in [-0.2, -0.15) is 0 Å². The van der Waals surface area contributed by atoms with Crippen LogP contribution < -0.4 is 10.6 Å². The standard InChI is InChI=1S/C21H28N4O/c26-20(16-13-21(16)8-10-22-11-9-21)23-15-6-7-17-18(12-15)25-19(24-17)14-4-2-1-3-5-14/h6-7,12,14,16,22H,1-5,8-11,13H2,(H,23,26)(H,24,25). The summed E-state index contributed by atoms with van der Waals surface area (Å²) in [4.78, 5) is 21.0. The van der Waals surface area contributed by atoms with Crippen molar-refractivity contribution in [1.29, 1.82) is 0 Å². The first-order valence-corrected chi connectivity index (χ1v) is 10.2. The van der Waals surface area contributed by atoms with Crippen molar-refractivity contribution in [2.75, 3.05) is 18.4 Å². The van der Waals surface area contributed by atoms with Crippen LogP contribution in [-0.4, -0.2) is 29.0 Å². The highest BCUT2D eigenvalue weighted by Gasteiger charge is 2.57. The normalized spacial score (nSPS) is 25.5. The third-order valence-corrected chi connectivity index (χ3v) is 6.87. The van der Waals surface area contributed by atoms with Crippen LogP contribution in [0.5, 0.6) is 0 Å². The van der Waals surface area contributed by atoms with Gasteiger partial charge in [0.2, 0.25) is 5.91 Å². The Morgan fingerprint density at radius 3 is 2.77 bits per heavy atom. The second-order valence-electron chi connectivity index (χ2n) is 8.55. The molecule has 2 heterocycles. The van der Waals surface area contributed by atoms with Gasteiger partial charge in [0.05, 0.1) is 11.0 Å². The van der Waals surface area contributed by atoms with Gasteiger partial charge in [-0.15, -0.1) is 0 Å². The van der Waals surface area contributed by atoms with E-state index in [1.165, 1.54) is 32.1 Å². The molecule has 2 saturated carbocycles. The molecule has 2 aliphatic carbocycles. The van der Waals surface area contributed by atoms with Crippen molar-refractivity contribution in [2.45, 2.75) is 57.3 Å². The molecule has 3 aliphatic rings. The maximum atomic E-state index is 12.7. The largest absolute Gasteiger partial charge is 0.342 e. The van der Waals surface area contributed by atoms with Gasteiger partial charge in [0.15, 0.2) is 0 Å². The van der Waals surface area contributed by atoms with Gasteiger partial charge < -0.3 is 15.6 Å². The van der Waals surface area contributed by atoms with Gasteiger partial charge in [-0.1, -0.05) is 19.3 Å². The topological polar surface area (TPSA) is 69.8 Å². The minimum absolute atomic E-state index is 0.193. The zero-order valence-corrected chi connectivity index (χ0v) is 15.3. The van der Waals surface area contributed by atoms with Crippen LogP contribution in [0.4, 0.5) is 5.69 Å². The van der Waals surface area contributed by atoms with Crippen molar-refractivity contribution in [3.8, 4) is 0 Å². The second-order valence-corrected chi connectivity index (χ2v) is 8.55. The Balaban J connectivity index is 1.29. The average molecular weight is 352 g/mol. The van der Waals surface area contributed by atoms with Crippen LogP contribution >= 0.6 is 0 Å². The lowest BCUT2D eigenvalue weighted by atomic mass is 9.89. The summed E-state index contributed by atoms with van der Waals surface area (Å²) in [6.07, 6.45) is 9.77. The van der Waals surface area contributed by atoms with E-state index in [9.17, 15) is 4.79 Å². The molecule has 138 valence electrons. The van der Waals surface area contributed by atoms with Crippen molar-refractivity contribution >= 4 is 22.6 Å². The number of benzene rings is 1. The summed E-state index contributed by atoms with van der Waals surface area (Å²) in [6.45, 7) is 2.10. The molecule has 1 aliphatic heterocycles. The van der Waals surface area contributed by atoms with Crippen molar-refractivity contribution in [2.24, 2.45) is 11.3 Å². The van der Waals surface area contributed by atoms with E-state index in [-0.39, 0.29) is 17.2 Å². The summed E-state index contributed by atoms with van der Waals surface area (Å²) >= 11 is 0. The van der Waals surface area contributed by atoms with Crippen molar-refractivity contribution in [3.05, 3.63) is 24.0 Å². The number of hydrogen-bond donors (Lipinski definition) is 3. The fourth-order valence-electron chi connectivity index (χ4n) is 5.10. The van der Waals surface area contributed by atoms with E-state index in [0.717, 1.165) is 54.9 Å². The zero-order valence-electron chi connectivity index (χ0n) is 15.3. The van der Waals surface area contributed by atoms with Gasteiger partial charge in [0.25, 0.3) is 0 Å². The van der Waals surface area contributed by atoms with Gasteiger partial charge >= 0.3 is 0 Å². The number of hydrogen-bond acceptors (Lipinski definition) is 3. The summed E-state index contributed by atoms with van der Waals surface area (Å²) in [5.41, 5.74) is 3.21. The molecule has 0 radical (unpaired) electrons. The summed E-state index contributed by atoms with van der Waals surface area (Å²) in [5.74, 6) is 2.08. The fraction of sp³-hybridized carbons (Fsp3) is 0.619. The van der Waals surface area contributed by atoms with Gasteiger partial charge in [0.1, 0.15) is 5.82 Å². The maximum absolute atomic E-state index is 12.7. The Morgan fingerprint density at radius 2 is 1.96 bits per heavy atom. The quantitative estimate of drug-likeness (QED) is 0.784. The van der Waals surface area contributed by atoms with Crippen LogP contribution in [0.2, 0.25) is 0 Å². The van der Waals surface area contributed by atoms with E-state index < -0.39 is 0 Å². The molecule has 1 atom stereocenters. The van der Waals surface area contributed by atoms with Crippen LogP contribution in [0.1, 0.15) is 63.1 Å². The number of piperidine rings is 1. The molecule has 1 spiro atoms. The number of carbonyl (C=O) groups is 1. The van der Waals surface area contributed by atoms with Crippen LogP contribution in [0.15, 0.2) is 18.2 Å². The van der Waals surface area contributed by atoms with E-state index in [1.807, 2.05) is 18.2 Å². The monoisotopic (exact) mass is 352 g/mol. The minimum atomic E-state index is 0.193. The zero-order chi connectivity index (χ0) is 17.6. The molecule has 5 heteroatoms. The molecule has 3 fully saturated rings. The molecule has 5 rings (SSSR count). The van der Waals surface area contributed by atoms with E-state index in [4.69, 9.17) is 4.98 Å². The average Bonchev–Trinajstić information content (AvgIpc) is 3.19. The molecule has 1 unspecified atom stereocenters. The van der Waals surface area contributed by atoms with Crippen LogP contribution in [0.3, 0.4) is 0 Å². The third-order valence-electron chi connectivity index (χ3n) is 6.87. The number of carbonyl (C=O) groups excluding carboxylic acids is 1. The Hall–Kier alpha value is -1.88. The molecule has 1 aromatic heterocycles. The molecule has 2 aromatic rings. The predicted molar refractivity (Wildman–Crippen MR) is 103 cm³/mol. The first kappa shape index (κ1) is 16.3. The first-order chi connectivity index (χ1) is 12.7. The van der Waals surface area contributed by atoms with Crippen LogP contribution in [0, 0.1) is 11.3 Å². The summed E-state index contributed by atoms with van der Waals surface area (Å²) in [6, 6.07) is 6.06. The molecule has 1 aromatic carbocycles. The van der Waals surface area contributed by atoms with Gasteiger partial charge in [0, 0.05) is 17.5 Å². The number of nitrogens with one attached hydrogen (secondary N) is 3. The molecule has 3 N–H and O–H groups in total. The number of aromatic nitrogens is 2. The minimum Gasteiger partial charge on any atom is -0.342 e. The van der Waals surface area contributed by atoms with E-state index in [2.05, 4.69) is 15.6 Å². The Labute approximate surface area is 154 Å². The lowest BCUT2D eigenvalue weighted by Crippen LogP contribution is -2.31. The number of amides is 1. The second kappa shape index (κ2) is 6.38. The highest BCUT2D eigenvalue weighted by atomic mass is 16.2. The molecule has 0 bridgehead atoms. The van der Waals surface area contributed by atoms with Gasteiger partial charge in [-0.3, -0.25) is 4.79 Å². The Morgan fingerprint density at radius 1 is 1.15 bits per heavy atom. The van der Waals surface area contributed by atoms with E-state index >= 15 is 0 Å². The van der Waals surface area contributed by atoms with Crippen molar-refractivity contribution in [3.63, 3.8) is 0 Å². The molecule has 5 nitrogen and oxygen atoms in total. The lowest BCUT2D eigenvalue weighted by molar-refractivity contribution is -0.118. The van der Waals surface area contributed by atoms with Crippen LogP contribution in [0.25, 0.3) is 11.0 Å². The molecule has 1 saturated heterocycles. The smallest absolute Gasteiger partial charge is 0.228 e. The summed E-state index contributed by atoms with van der Waals surface area (Å²) < 4.78 is 0. The molecular formula is C21H28N4O. The number of nitrogens with zero attached hydrogens (tertiary/aromatic N) is 1. The Kier molecular flexibility index (Phi) is 4.00. The Bertz CT molecular complexity index is 815. The lowest BCUT2D eigenvalue weighted by Gasteiger charge is -2.23. The number of imidazole rings is 1. The number of anilines is 1. The number of fused-ring (bicyclic) bond motifs is 1. The van der Waals surface area contributed by atoms with Crippen LogP contribution in [-0.2, 0) is 4.79 Å². The third kappa shape index (κ3) is 2.92. The van der Waals surface area contributed by atoms with Gasteiger partial charge in [-0.25, -0.2) is 4.98 Å². The number of aromatic amines is 1. The number of H-pyrrole nitrogens is 1. The number of rotatable bonds is 3. The molecule has 1 amide bonds. The van der Waals surface area contributed by atoms with Gasteiger partial charge in [-0.05, 0) is 68.8 Å². The van der Waals surface area contributed by atoms with Crippen molar-refractivity contribution < 1.29 is 4.79 Å². The molecule has 26 heavy (non-hydrogen) atoms. The summed E-state index contributed by atoms with van der Waals surface area (Å²) in [5, 5.41) is 6.55. The SMILES string of the molecule is O=C(Nc1ccc2nc(C3CCCCC3)[nH]c2c1)C1CC12CCNCC2.